The van der Waals surface area contributed by atoms with Gasteiger partial charge in [-0.2, -0.15) is 0 Å². The molecule has 2 fully saturated rings. The fraction of sp³-hybridized carbons (Fsp3) is 0.562. The average Bonchev–Trinajstić information content (AvgIpc) is 3.19. The molecular formula is C16H21FN2O2. The van der Waals surface area contributed by atoms with E-state index in [0.717, 1.165) is 18.4 Å². The predicted octanol–water partition coefficient (Wildman–Crippen LogP) is 2.21. The smallest absolute Gasteiger partial charge is 0.244 e. The van der Waals surface area contributed by atoms with Crippen LogP contribution in [0.25, 0.3) is 0 Å². The SMILES string of the molecule is CCOCC(C)N1C(=O)C2(CC2)NC1c1ccc(F)cc1. The van der Waals surface area contributed by atoms with Crippen LogP contribution in [-0.2, 0) is 9.53 Å². The highest BCUT2D eigenvalue weighted by Crippen LogP contribution is 2.46. The van der Waals surface area contributed by atoms with Crippen LogP contribution >= 0.6 is 0 Å². The summed E-state index contributed by atoms with van der Waals surface area (Å²) in [5.74, 6) is -0.123. The van der Waals surface area contributed by atoms with Crippen LogP contribution in [0.15, 0.2) is 24.3 Å². The van der Waals surface area contributed by atoms with Gasteiger partial charge in [0.1, 0.15) is 17.5 Å². The zero-order valence-electron chi connectivity index (χ0n) is 12.4. The third-order valence-electron chi connectivity index (χ3n) is 4.31. The highest BCUT2D eigenvalue weighted by Gasteiger charge is 2.60. The van der Waals surface area contributed by atoms with Gasteiger partial charge in [0.15, 0.2) is 0 Å². The lowest BCUT2D eigenvalue weighted by atomic mass is 10.1. The number of ether oxygens (including phenoxy) is 1. The first-order chi connectivity index (χ1) is 10.1. The molecule has 1 aliphatic heterocycles. The van der Waals surface area contributed by atoms with Crippen molar-refractivity contribution in [3.63, 3.8) is 0 Å². The fourth-order valence-corrected chi connectivity index (χ4v) is 2.95. The second-order valence-electron chi connectivity index (χ2n) is 5.90. The first kappa shape index (κ1) is 14.5. The largest absolute Gasteiger partial charge is 0.380 e. The van der Waals surface area contributed by atoms with Gasteiger partial charge in [-0.25, -0.2) is 4.39 Å². The zero-order valence-corrected chi connectivity index (χ0v) is 12.4. The molecule has 0 aromatic heterocycles. The third-order valence-corrected chi connectivity index (χ3v) is 4.31. The molecule has 1 aromatic rings. The second-order valence-corrected chi connectivity index (χ2v) is 5.90. The maximum atomic E-state index is 13.1. The molecule has 2 aliphatic rings. The lowest BCUT2D eigenvalue weighted by Crippen LogP contribution is -2.41. The zero-order chi connectivity index (χ0) is 15.0. The molecule has 1 saturated carbocycles. The van der Waals surface area contributed by atoms with Gasteiger partial charge < -0.3 is 9.64 Å². The van der Waals surface area contributed by atoms with Gasteiger partial charge in [0, 0.05) is 6.61 Å². The Balaban J connectivity index is 1.85. The van der Waals surface area contributed by atoms with Crippen molar-refractivity contribution in [3.8, 4) is 0 Å². The van der Waals surface area contributed by atoms with Crippen LogP contribution in [0.5, 0.6) is 0 Å². The van der Waals surface area contributed by atoms with Crippen LogP contribution in [0.1, 0.15) is 38.4 Å². The van der Waals surface area contributed by atoms with E-state index >= 15 is 0 Å². The number of amides is 1. The van der Waals surface area contributed by atoms with Crippen molar-refractivity contribution in [2.75, 3.05) is 13.2 Å². The summed E-state index contributed by atoms with van der Waals surface area (Å²) in [5, 5.41) is 3.43. The minimum absolute atomic E-state index is 0.0139. The fourth-order valence-electron chi connectivity index (χ4n) is 2.95. The van der Waals surface area contributed by atoms with E-state index in [9.17, 15) is 9.18 Å². The summed E-state index contributed by atoms with van der Waals surface area (Å²) in [5.41, 5.74) is 0.524. The number of rotatable bonds is 5. The minimum Gasteiger partial charge on any atom is -0.380 e. The number of nitrogens with zero attached hydrogens (tertiary/aromatic N) is 1. The standard InChI is InChI=1S/C16H21FN2O2/c1-3-21-10-11(2)19-14(12-4-6-13(17)7-5-12)18-16(8-9-16)15(19)20/h4-7,11,14,18H,3,8-10H2,1-2H3. The average molecular weight is 292 g/mol. The Labute approximate surface area is 124 Å². The molecule has 1 saturated heterocycles. The Hall–Kier alpha value is -1.46. The molecule has 4 nitrogen and oxygen atoms in total. The van der Waals surface area contributed by atoms with Gasteiger partial charge in [-0.3, -0.25) is 10.1 Å². The van der Waals surface area contributed by atoms with Crippen LogP contribution in [0.2, 0.25) is 0 Å². The summed E-state index contributed by atoms with van der Waals surface area (Å²) in [6.45, 7) is 5.08. The van der Waals surface area contributed by atoms with Gasteiger partial charge in [0.2, 0.25) is 5.91 Å². The van der Waals surface area contributed by atoms with Crippen molar-refractivity contribution in [3.05, 3.63) is 35.6 Å². The minimum atomic E-state index is -0.389. The summed E-state index contributed by atoms with van der Waals surface area (Å²) in [6.07, 6.45) is 1.55. The third kappa shape index (κ3) is 2.56. The molecule has 1 aliphatic carbocycles. The number of carbonyl (C=O) groups excluding carboxylic acids is 1. The summed E-state index contributed by atoms with van der Waals surface area (Å²) >= 11 is 0. The maximum Gasteiger partial charge on any atom is 0.244 e. The van der Waals surface area contributed by atoms with Gasteiger partial charge in [0.05, 0.1) is 12.6 Å². The molecule has 2 unspecified atom stereocenters. The molecule has 21 heavy (non-hydrogen) atoms. The molecule has 5 heteroatoms. The highest BCUT2D eigenvalue weighted by molar-refractivity contribution is 5.92. The summed E-state index contributed by atoms with van der Waals surface area (Å²) in [7, 11) is 0. The van der Waals surface area contributed by atoms with E-state index in [1.54, 1.807) is 12.1 Å². The molecule has 0 radical (unpaired) electrons. The van der Waals surface area contributed by atoms with Crippen LogP contribution in [0, 0.1) is 5.82 Å². The number of halogens is 1. The topological polar surface area (TPSA) is 41.6 Å². The van der Waals surface area contributed by atoms with Crippen molar-refractivity contribution in [1.82, 2.24) is 10.2 Å². The van der Waals surface area contributed by atoms with E-state index in [-0.39, 0.29) is 29.5 Å². The molecular weight excluding hydrogens is 271 g/mol. The van der Waals surface area contributed by atoms with Gasteiger partial charge in [-0.05, 0) is 44.4 Å². The molecule has 114 valence electrons. The summed E-state index contributed by atoms with van der Waals surface area (Å²) in [6, 6.07) is 6.33. The molecule has 1 N–H and O–H groups in total. The van der Waals surface area contributed by atoms with Crippen molar-refractivity contribution in [1.29, 1.82) is 0 Å². The number of hydrogen-bond donors (Lipinski definition) is 1. The second kappa shape index (κ2) is 5.39. The maximum absolute atomic E-state index is 13.1. The quantitative estimate of drug-likeness (QED) is 0.904. The molecule has 1 aromatic carbocycles. The Morgan fingerprint density at radius 3 is 2.67 bits per heavy atom. The number of hydrogen-bond acceptors (Lipinski definition) is 3. The van der Waals surface area contributed by atoms with E-state index in [4.69, 9.17) is 4.74 Å². The van der Waals surface area contributed by atoms with Crippen molar-refractivity contribution < 1.29 is 13.9 Å². The Morgan fingerprint density at radius 2 is 2.10 bits per heavy atom. The van der Waals surface area contributed by atoms with Crippen LogP contribution in [0.3, 0.4) is 0 Å². The molecule has 3 rings (SSSR count). The number of nitrogens with one attached hydrogen (secondary N) is 1. The van der Waals surface area contributed by atoms with Gasteiger partial charge in [0.25, 0.3) is 0 Å². The van der Waals surface area contributed by atoms with Crippen LogP contribution < -0.4 is 5.32 Å². The Kier molecular flexibility index (Phi) is 3.71. The molecule has 1 amide bonds. The van der Waals surface area contributed by atoms with Gasteiger partial charge >= 0.3 is 0 Å². The normalized spacial score (nSPS) is 24.6. The van der Waals surface area contributed by atoms with Crippen LogP contribution in [-0.4, -0.2) is 35.6 Å². The van der Waals surface area contributed by atoms with E-state index in [2.05, 4.69) is 5.32 Å². The van der Waals surface area contributed by atoms with Gasteiger partial charge in [-0.1, -0.05) is 12.1 Å². The van der Waals surface area contributed by atoms with Crippen molar-refractivity contribution in [2.45, 2.75) is 44.4 Å². The number of carbonyl (C=O) groups is 1. The molecule has 0 bridgehead atoms. The molecule has 1 heterocycles. The van der Waals surface area contributed by atoms with E-state index in [0.29, 0.717) is 13.2 Å². The van der Waals surface area contributed by atoms with Crippen molar-refractivity contribution >= 4 is 5.91 Å². The van der Waals surface area contributed by atoms with Crippen LogP contribution in [0.4, 0.5) is 4.39 Å². The first-order valence-corrected chi connectivity index (χ1v) is 7.51. The Bertz CT molecular complexity index is 528. The van der Waals surface area contributed by atoms with E-state index in [1.807, 2.05) is 18.7 Å². The monoisotopic (exact) mass is 292 g/mol. The van der Waals surface area contributed by atoms with E-state index < -0.39 is 0 Å². The summed E-state index contributed by atoms with van der Waals surface area (Å²) in [4.78, 5) is 14.5. The lowest BCUT2D eigenvalue weighted by molar-refractivity contribution is -0.134. The Morgan fingerprint density at radius 1 is 1.43 bits per heavy atom. The number of benzene rings is 1. The predicted molar refractivity (Wildman–Crippen MR) is 77.0 cm³/mol. The first-order valence-electron chi connectivity index (χ1n) is 7.51. The molecule has 1 spiro atoms. The summed E-state index contributed by atoms with van der Waals surface area (Å²) < 4.78 is 18.6. The lowest BCUT2D eigenvalue weighted by Gasteiger charge is -2.30. The highest BCUT2D eigenvalue weighted by atomic mass is 19.1. The van der Waals surface area contributed by atoms with Gasteiger partial charge in [-0.15, -0.1) is 0 Å². The van der Waals surface area contributed by atoms with Crippen molar-refractivity contribution in [2.24, 2.45) is 0 Å². The molecule has 2 atom stereocenters. The van der Waals surface area contributed by atoms with E-state index in [1.165, 1.54) is 12.1 Å².